The van der Waals surface area contributed by atoms with Crippen molar-refractivity contribution in [1.82, 2.24) is 15.1 Å². The van der Waals surface area contributed by atoms with Gasteiger partial charge in [-0.1, -0.05) is 0 Å². The topological polar surface area (TPSA) is 102 Å². The molecule has 130 valence electrons. The first-order valence-corrected chi connectivity index (χ1v) is 8.19. The Morgan fingerprint density at radius 1 is 1.14 bits per heavy atom. The van der Waals surface area contributed by atoms with Crippen LogP contribution in [0.4, 0.5) is 0 Å². The van der Waals surface area contributed by atoms with E-state index in [0.29, 0.717) is 52.0 Å². The van der Waals surface area contributed by atoms with E-state index in [-0.39, 0.29) is 18.2 Å². The lowest BCUT2D eigenvalue weighted by Gasteiger charge is -2.24. The summed E-state index contributed by atoms with van der Waals surface area (Å²) in [6.45, 7) is 2.63. The van der Waals surface area contributed by atoms with Crippen LogP contribution in [-0.4, -0.2) is 71.7 Å². The van der Waals surface area contributed by atoms with Gasteiger partial charge in [-0.3, -0.25) is 14.5 Å². The molecule has 0 aromatic carbocycles. The second-order valence-electron chi connectivity index (χ2n) is 4.94. The Morgan fingerprint density at radius 2 is 1.77 bits per heavy atom. The summed E-state index contributed by atoms with van der Waals surface area (Å²) in [5, 5.41) is 20.8. The van der Waals surface area contributed by atoms with Crippen LogP contribution in [0.25, 0.3) is 0 Å². The molecule has 0 spiro atoms. The maximum Gasteiger partial charge on any atom is 0.303 e. The average molecular weight is 358 g/mol. The SMILES string of the molecule is O=C(O)CCCCC(=O)NCCN(CCNCl)CC(O)CCl. The monoisotopic (exact) mass is 357 g/mol. The van der Waals surface area contributed by atoms with Gasteiger partial charge in [0.25, 0.3) is 0 Å². The van der Waals surface area contributed by atoms with E-state index in [0.717, 1.165) is 0 Å². The van der Waals surface area contributed by atoms with Crippen LogP contribution < -0.4 is 10.2 Å². The first-order valence-electron chi connectivity index (χ1n) is 7.28. The number of aliphatic carboxylic acids is 1. The Hall–Kier alpha value is -0.600. The van der Waals surface area contributed by atoms with Crippen molar-refractivity contribution >= 4 is 35.3 Å². The van der Waals surface area contributed by atoms with E-state index in [2.05, 4.69) is 10.2 Å². The van der Waals surface area contributed by atoms with E-state index in [9.17, 15) is 14.7 Å². The fraction of sp³-hybridized carbons (Fsp3) is 0.846. The summed E-state index contributed by atoms with van der Waals surface area (Å²) in [7, 11) is 0. The van der Waals surface area contributed by atoms with Crippen molar-refractivity contribution < 1.29 is 19.8 Å². The normalized spacial score (nSPS) is 12.4. The highest BCUT2D eigenvalue weighted by atomic mass is 35.5. The van der Waals surface area contributed by atoms with Crippen LogP contribution >= 0.6 is 23.4 Å². The molecule has 0 aliphatic rings. The van der Waals surface area contributed by atoms with Gasteiger partial charge in [0.05, 0.1) is 6.10 Å². The fourth-order valence-electron chi connectivity index (χ4n) is 1.85. The molecular weight excluding hydrogens is 333 g/mol. The van der Waals surface area contributed by atoms with Crippen molar-refractivity contribution in [3.05, 3.63) is 0 Å². The molecule has 4 N–H and O–H groups in total. The number of hydrogen-bond acceptors (Lipinski definition) is 5. The quantitative estimate of drug-likeness (QED) is 0.204. The Bertz CT molecular complexity index is 322. The minimum absolute atomic E-state index is 0.0861. The van der Waals surface area contributed by atoms with Crippen molar-refractivity contribution in [1.29, 1.82) is 0 Å². The number of amides is 1. The lowest BCUT2D eigenvalue weighted by atomic mass is 10.2. The molecule has 0 bridgehead atoms. The van der Waals surface area contributed by atoms with Crippen LogP contribution in [-0.2, 0) is 9.59 Å². The van der Waals surface area contributed by atoms with Gasteiger partial charge in [0.2, 0.25) is 5.91 Å². The molecule has 1 unspecified atom stereocenters. The molecule has 1 amide bonds. The van der Waals surface area contributed by atoms with Gasteiger partial charge in [0, 0.05) is 51.4 Å². The molecule has 7 nitrogen and oxygen atoms in total. The first kappa shape index (κ1) is 21.4. The number of nitrogens with one attached hydrogen (secondary N) is 2. The average Bonchev–Trinajstić information content (AvgIpc) is 2.48. The molecule has 0 aromatic heterocycles. The molecule has 9 heteroatoms. The highest BCUT2D eigenvalue weighted by Gasteiger charge is 2.11. The molecule has 0 radical (unpaired) electrons. The van der Waals surface area contributed by atoms with E-state index in [1.54, 1.807) is 0 Å². The van der Waals surface area contributed by atoms with Crippen molar-refractivity contribution in [2.45, 2.75) is 31.8 Å². The number of halogens is 2. The van der Waals surface area contributed by atoms with Gasteiger partial charge >= 0.3 is 5.97 Å². The van der Waals surface area contributed by atoms with Gasteiger partial charge in [-0.05, 0) is 24.6 Å². The Morgan fingerprint density at radius 3 is 2.36 bits per heavy atom. The smallest absolute Gasteiger partial charge is 0.303 e. The number of carboxylic acid groups (broad SMARTS) is 1. The zero-order valence-corrected chi connectivity index (χ0v) is 14.1. The number of carbonyl (C=O) groups excluding carboxylic acids is 1. The predicted molar refractivity (Wildman–Crippen MR) is 86.1 cm³/mol. The van der Waals surface area contributed by atoms with E-state index in [4.69, 9.17) is 28.5 Å². The van der Waals surface area contributed by atoms with Crippen molar-refractivity contribution in [2.24, 2.45) is 0 Å². The lowest BCUT2D eigenvalue weighted by molar-refractivity contribution is -0.137. The lowest BCUT2D eigenvalue weighted by Crippen LogP contribution is -2.41. The third-order valence-corrected chi connectivity index (χ3v) is 3.51. The van der Waals surface area contributed by atoms with Gasteiger partial charge in [0.15, 0.2) is 0 Å². The molecule has 0 saturated carbocycles. The molecule has 0 aliphatic carbocycles. The summed E-state index contributed by atoms with van der Waals surface area (Å²) in [4.78, 5) is 26.4. The maximum absolute atomic E-state index is 11.6. The van der Waals surface area contributed by atoms with Gasteiger partial charge in [0.1, 0.15) is 0 Å². The van der Waals surface area contributed by atoms with E-state index in [1.165, 1.54) is 0 Å². The third-order valence-electron chi connectivity index (χ3n) is 2.96. The second-order valence-corrected chi connectivity index (χ2v) is 5.52. The van der Waals surface area contributed by atoms with Crippen LogP contribution in [0, 0.1) is 0 Å². The van der Waals surface area contributed by atoms with E-state index in [1.807, 2.05) is 4.90 Å². The van der Waals surface area contributed by atoms with Crippen LogP contribution in [0.5, 0.6) is 0 Å². The Kier molecular flexibility index (Phi) is 13.6. The number of alkyl halides is 1. The highest BCUT2D eigenvalue weighted by Crippen LogP contribution is 2.00. The predicted octanol–water partition coefficient (Wildman–Crippen LogP) is 0.393. The number of unbranched alkanes of at least 4 members (excludes halogenated alkanes) is 1. The zero-order valence-electron chi connectivity index (χ0n) is 12.6. The Labute approximate surface area is 141 Å². The number of rotatable bonds is 14. The van der Waals surface area contributed by atoms with Crippen molar-refractivity contribution in [3.8, 4) is 0 Å². The zero-order chi connectivity index (χ0) is 16.8. The molecule has 1 atom stereocenters. The second kappa shape index (κ2) is 14.0. The number of carboxylic acids is 1. The summed E-state index contributed by atoms with van der Waals surface area (Å²) < 4.78 is 0. The molecular formula is C13H25Cl2N3O4. The summed E-state index contributed by atoms with van der Waals surface area (Å²) >= 11 is 11.0. The van der Waals surface area contributed by atoms with Crippen LogP contribution in [0.3, 0.4) is 0 Å². The van der Waals surface area contributed by atoms with Crippen LogP contribution in [0.1, 0.15) is 25.7 Å². The van der Waals surface area contributed by atoms with Crippen molar-refractivity contribution in [3.63, 3.8) is 0 Å². The third kappa shape index (κ3) is 13.1. The van der Waals surface area contributed by atoms with Crippen LogP contribution in [0.15, 0.2) is 0 Å². The van der Waals surface area contributed by atoms with Crippen molar-refractivity contribution in [2.75, 3.05) is 38.6 Å². The Balaban J connectivity index is 3.84. The summed E-state index contributed by atoms with van der Waals surface area (Å²) in [5.41, 5.74) is 0. The largest absolute Gasteiger partial charge is 0.481 e. The molecule has 0 saturated heterocycles. The summed E-state index contributed by atoms with van der Waals surface area (Å²) in [6.07, 6.45) is 0.842. The molecule has 0 fully saturated rings. The first-order chi connectivity index (χ1) is 10.5. The maximum atomic E-state index is 11.6. The standard InChI is InChI=1S/C13H25Cl2N3O4/c14-9-11(19)10-18(8-6-17-15)7-5-16-12(20)3-1-2-4-13(21)22/h11,17,19H,1-10H2,(H,16,20)(H,21,22). The number of aliphatic hydroxyl groups is 1. The number of nitrogens with zero attached hydrogens (tertiary/aromatic N) is 1. The fourth-order valence-corrected chi connectivity index (χ4v) is 2.03. The molecule has 0 heterocycles. The number of carbonyl (C=O) groups is 2. The highest BCUT2D eigenvalue weighted by molar-refractivity contribution is 6.18. The van der Waals surface area contributed by atoms with Gasteiger partial charge < -0.3 is 15.5 Å². The van der Waals surface area contributed by atoms with E-state index < -0.39 is 12.1 Å². The summed E-state index contributed by atoms with van der Waals surface area (Å²) in [5.74, 6) is -0.790. The minimum atomic E-state index is -0.846. The van der Waals surface area contributed by atoms with Crippen LogP contribution in [0.2, 0.25) is 0 Å². The molecule has 0 rings (SSSR count). The van der Waals surface area contributed by atoms with E-state index >= 15 is 0 Å². The minimum Gasteiger partial charge on any atom is -0.481 e. The van der Waals surface area contributed by atoms with Gasteiger partial charge in [-0.15, -0.1) is 11.6 Å². The molecule has 0 aromatic rings. The summed E-state index contributed by atoms with van der Waals surface area (Å²) in [6, 6.07) is 0. The van der Waals surface area contributed by atoms with Gasteiger partial charge in [-0.2, -0.15) is 0 Å². The molecule has 22 heavy (non-hydrogen) atoms. The van der Waals surface area contributed by atoms with Gasteiger partial charge in [-0.25, -0.2) is 4.84 Å². The number of hydrogen-bond donors (Lipinski definition) is 4. The molecule has 0 aliphatic heterocycles. The number of aliphatic hydroxyl groups excluding tert-OH is 1.